The molecule has 3 rings (SSSR count). The first kappa shape index (κ1) is 13.6. The van der Waals surface area contributed by atoms with Gasteiger partial charge < -0.3 is 10.6 Å². The molecule has 2 heterocycles. The van der Waals surface area contributed by atoms with E-state index in [2.05, 4.69) is 15.6 Å². The number of thiazole rings is 1. The maximum atomic E-state index is 11.9. The largest absolute Gasteiger partial charge is 0.332 e. The van der Waals surface area contributed by atoms with Crippen LogP contribution in [0.5, 0.6) is 0 Å². The molecule has 1 atom stereocenters. The molecular weight excluding hydrogens is 284 g/mol. The maximum absolute atomic E-state index is 11.9. The maximum Gasteiger partial charge on any atom is 0.315 e. The molecule has 0 aliphatic heterocycles. The molecule has 0 spiro atoms. The highest BCUT2D eigenvalue weighted by molar-refractivity contribution is 7.15. The quantitative estimate of drug-likeness (QED) is 0.778. The summed E-state index contributed by atoms with van der Waals surface area (Å²) >= 11 is 1.57. The highest BCUT2D eigenvalue weighted by Crippen LogP contribution is 2.12. The number of nitrogens with one attached hydrogen (secondary N) is 2. The van der Waals surface area contributed by atoms with Crippen LogP contribution in [-0.2, 0) is 6.54 Å². The van der Waals surface area contributed by atoms with Gasteiger partial charge in [0, 0.05) is 17.8 Å². The van der Waals surface area contributed by atoms with Gasteiger partial charge in [-0.2, -0.15) is 0 Å². The second kappa shape index (κ2) is 5.97. The molecule has 0 radical (unpaired) electrons. The summed E-state index contributed by atoms with van der Waals surface area (Å²) in [4.78, 5) is 17.3. The minimum atomic E-state index is -0.192. The Morgan fingerprint density at radius 2 is 2.19 bits per heavy atom. The molecule has 21 heavy (non-hydrogen) atoms. The molecule has 2 aromatic heterocycles. The minimum Gasteiger partial charge on any atom is -0.332 e. The first-order valence-corrected chi connectivity index (χ1v) is 7.61. The second-order valence-corrected chi connectivity index (χ2v) is 5.66. The molecule has 3 aromatic rings. The fourth-order valence-corrected chi connectivity index (χ4v) is 2.82. The average Bonchev–Trinajstić information content (AvgIpc) is 3.07. The van der Waals surface area contributed by atoms with E-state index in [1.165, 1.54) is 0 Å². The van der Waals surface area contributed by atoms with Crippen molar-refractivity contribution in [3.05, 3.63) is 59.4 Å². The third-order valence-corrected chi connectivity index (χ3v) is 3.99. The van der Waals surface area contributed by atoms with Crippen molar-refractivity contribution < 1.29 is 4.79 Å². The monoisotopic (exact) mass is 300 g/mol. The Hall–Kier alpha value is -2.34. The average molecular weight is 300 g/mol. The molecule has 2 amide bonds. The van der Waals surface area contributed by atoms with Crippen LogP contribution in [0.25, 0.3) is 4.96 Å². The predicted molar refractivity (Wildman–Crippen MR) is 83.3 cm³/mol. The van der Waals surface area contributed by atoms with Gasteiger partial charge in [-0.15, -0.1) is 11.3 Å². The summed E-state index contributed by atoms with van der Waals surface area (Å²) in [7, 11) is 0. The van der Waals surface area contributed by atoms with E-state index in [1.54, 1.807) is 11.3 Å². The SMILES string of the molecule is CC(NC(=O)NCc1cn2ccsc2n1)c1ccccc1. The van der Waals surface area contributed by atoms with Gasteiger partial charge in [0.25, 0.3) is 0 Å². The molecule has 5 nitrogen and oxygen atoms in total. The molecule has 1 unspecified atom stereocenters. The van der Waals surface area contributed by atoms with E-state index in [0.717, 1.165) is 16.2 Å². The number of amides is 2. The van der Waals surface area contributed by atoms with Crippen molar-refractivity contribution in [1.29, 1.82) is 0 Å². The molecule has 2 N–H and O–H groups in total. The molecule has 0 aliphatic carbocycles. The van der Waals surface area contributed by atoms with Crippen LogP contribution >= 0.6 is 11.3 Å². The number of aromatic nitrogens is 2. The number of imidazole rings is 1. The Balaban J connectivity index is 1.53. The summed E-state index contributed by atoms with van der Waals surface area (Å²) in [6, 6.07) is 9.65. The lowest BCUT2D eigenvalue weighted by atomic mass is 10.1. The van der Waals surface area contributed by atoms with E-state index in [9.17, 15) is 4.79 Å². The fourth-order valence-electron chi connectivity index (χ4n) is 2.10. The van der Waals surface area contributed by atoms with Crippen LogP contribution in [0.2, 0.25) is 0 Å². The molecule has 0 fully saturated rings. The Bertz CT molecular complexity index is 706. The molecular formula is C15H16N4OS. The Labute approximate surface area is 126 Å². The molecule has 0 saturated carbocycles. The van der Waals surface area contributed by atoms with Gasteiger partial charge in [-0.3, -0.25) is 4.40 Å². The van der Waals surface area contributed by atoms with Crippen molar-refractivity contribution in [1.82, 2.24) is 20.0 Å². The first-order chi connectivity index (χ1) is 10.2. The Morgan fingerprint density at radius 1 is 1.38 bits per heavy atom. The van der Waals surface area contributed by atoms with Crippen molar-refractivity contribution in [3.8, 4) is 0 Å². The summed E-state index contributed by atoms with van der Waals surface area (Å²) in [5.74, 6) is 0. The van der Waals surface area contributed by atoms with Crippen LogP contribution in [0.15, 0.2) is 48.1 Å². The summed E-state index contributed by atoms with van der Waals surface area (Å²) in [5, 5.41) is 7.72. The van der Waals surface area contributed by atoms with Crippen LogP contribution in [-0.4, -0.2) is 15.4 Å². The number of urea groups is 1. The summed E-state index contributed by atoms with van der Waals surface area (Å²) in [5.41, 5.74) is 1.93. The van der Waals surface area contributed by atoms with Crippen LogP contribution in [0.3, 0.4) is 0 Å². The van der Waals surface area contributed by atoms with Gasteiger partial charge in [-0.25, -0.2) is 9.78 Å². The molecule has 0 bridgehead atoms. The van der Waals surface area contributed by atoms with Crippen molar-refractivity contribution in [2.75, 3.05) is 0 Å². The molecule has 108 valence electrons. The zero-order chi connectivity index (χ0) is 14.7. The predicted octanol–water partition coefficient (Wildman–Crippen LogP) is 2.96. The molecule has 0 saturated heterocycles. The van der Waals surface area contributed by atoms with Gasteiger partial charge in [-0.1, -0.05) is 30.3 Å². The van der Waals surface area contributed by atoms with Gasteiger partial charge >= 0.3 is 6.03 Å². The zero-order valence-corrected chi connectivity index (χ0v) is 12.4. The number of carbonyl (C=O) groups excluding carboxylic acids is 1. The van der Waals surface area contributed by atoms with E-state index in [4.69, 9.17) is 0 Å². The van der Waals surface area contributed by atoms with Crippen LogP contribution in [0, 0.1) is 0 Å². The van der Waals surface area contributed by atoms with Crippen LogP contribution in [0.4, 0.5) is 4.79 Å². The zero-order valence-electron chi connectivity index (χ0n) is 11.6. The number of nitrogens with zero attached hydrogens (tertiary/aromatic N) is 2. The van der Waals surface area contributed by atoms with Crippen molar-refractivity contribution in [2.45, 2.75) is 19.5 Å². The summed E-state index contributed by atoms with van der Waals surface area (Å²) < 4.78 is 1.95. The highest BCUT2D eigenvalue weighted by Gasteiger charge is 2.09. The number of rotatable bonds is 4. The highest BCUT2D eigenvalue weighted by atomic mass is 32.1. The third kappa shape index (κ3) is 3.22. The third-order valence-electron chi connectivity index (χ3n) is 3.22. The van der Waals surface area contributed by atoms with Gasteiger partial charge in [0.15, 0.2) is 4.96 Å². The molecule has 0 aliphatic rings. The number of hydrogen-bond donors (Lipinski definition) is 2. The second-order valence-electron chi connectivity index (χ2n) is 4.78. The molecule has 1 aromatic carbocycles. The van der Waals surface area contributed by atoms with E-state index < -0.39 is 0 Å². The fraction of sp³-hybridized carbons (Fsp3) is 0.200. The van der Waals surface area contributed by atoms with Crippen LogP contribution < -0.4 is 10.6 Å². The van der Waals surface area contributed by atoms with E-state index in [0.29, 0.717) is 6.54 Å². The topological polar surface area (TPSA) is 58.4 Å². The number of benzene rings is 1. The van der Waals surface area contributed by atoms with Gasteiger partial charge in [0.05, 0.1) is 18.3 Å². The molecule has 6 heteroatoms. The van der Waals surface area contributed by atoms with E-state index >= 15 is 0 Å². The van der Waals surface area contributed by atoms with Crippen molar-refractivity contribution in [3.63, 3.8) is 0 Å². The number of carbonyl (C=O) groups is 1. The van der Waals surface area contributed by atoms with Crippen molar-refractivity contribution >= 4 is 22.3 Å². The standard InChI is InChI=1S/C15H16N4OS/c1-11(12-5-3-2-4-6-12)17-14(20)16-9-13-10-19-7-8-21-15(19)18-13/h2-8,10-11H,9H2,1H3,(H2,16,17,20). The van der Waals surface area contributed by atoms with E-state index in [1.807, 2.05) is 59.4 Å². The van der Waals surface area contributed by atoms with E-state index in [-0.39, 0.29) is 12.1 Å². The normalized spacial score (nSPS) is 12.2. The van der Waals surface area contributed by atoms with Gasteiger partial charge in [0.1, 0.15) is 0 Å². The Kier molecular flexibility index (Phi) is 3.87. The summed E-state index contributed by atoms with van der Waals surface area (Å²) in [6.45, 7) is 2.38. The summed E-state index contributed by atoms with van der Waals surface area (Å²) in [6.07, 6.45) is 3.88. The first-order valence-electron chi connectivity index (χ1n) is 6.73. The number of fused-ring (bicyclic) bond motifs is 1. The lowest BCUT2D eigenvalue weighted by Gasteiger charge is -2.14. The van der Waals surface area contributed by atoms with Gasteiger partial charge in [-0.05, 0) is 12.5 Å². The number of hydrogen-bond acceptors (Lipinski definition) is 3. The smallest absolute Gasteiger partial charge is 0.315 e. The van der Waals surface area contributed by atoms with Crippen LogP contribution in [0.1, 0.15) is 24.2 Å². The Morgan fingerprint density at radius 3 is 2.95 bits per heavy atom. The lowest BCUT2D eigenvalue weighted by Crippen LogP contribution is -2.36. The lowest BCUT2D eigenvalue weighted by molar-refractivity contribution is 0.237. The van der Waals surface area contributed by atoms with Crippen molar-refractivity contribution in [2.24, 2.45) is 0 Å². The minimum absolute atomic E-state index is 0.0308. The van der Waals surface area contributed by atoms with Gasteiger partial charge in [0.2, 0.25) is 0 Å².